The number of nitrogens with one attached hydrogen (secondary N) is 1. The van der Waals surface area contributed by atoms with E-state index in [9.17, 15) is 25.0 Å². The molecular formula is C16H11N7O5S2. The van der Waals surface area contributed by atoms with Crippen molar-refractivity contribution >= 4 is 46.6 Å². The number of aromatic nitrogens is 3. The number of thioether (sulfide) groups is 1. The van der Waals surface area contributed by atoms with Crippen molar-refractivity contribution in [3.8, 4) is 10.7 Å². The molecule has 14 heteroatoms. The zero-order valence-corrected chi connectivity index (χ0v) is 16.5. The topological polar surface area (TPSA) is 166 Å². The number of hydrazone groups is 1. The third kappa shape index (κ3) is 5.39. The van der Waals surface area contributed by atoms with Crippen molar-refractivity contribution in [2.45, 2.75) is 4.34 Å². The van der Waals surface area contributed by atoms with Gasteiger partial charge in [-0.3, -0.25) is 30.0 Å². The van der Waals surface area contributed by atoms with Crippen LogP contribution in [0.5, 0.6) is 0 Å². The predicted molar refractivity (Wildman–Crippen MR) is 109 cm³/mol. The van der Waals surface area contributed by atoms with Crippen LogP contribution in [-0.2, 0) is 4.79 Å². The minimum absolute atomic E-state index is 0.00343. The van der Waals surface area contributed by atoms with E-state index in [1.165, 1.54) is 17.4 Å². The number of benzene rings is 1. The molecule has 0 saturated carbocycles. The van der Waals surface area contributed by atoms with Crippen LogP contribution in [-0.4, -0.2) is 42.9 Å². The maximum atomic E-state index is 11.9. The molecule has 0 spiro atoms. The second-order valence-electron chi connectivity index (χ2n) is 5.43. The molecule has 0 aliphatic rings. The highest BCUT2D eigenvalue weighted by molar-refractivity contribution is 8.01. The first kappa shape index (κ1) is 20.9. The Balaban J connectivity index is 1.56. The molecule has 3 aromatic rings. The number of non-ortho nitro benzene ring substituents is 1. The minimum atomic E-state index is -0.763. The molecule has 0 aliphatic heterocycles. The van der Waals surface area contributed by atoms with E-state index in [4.69, 9.17) is 0 Å². The lowest BCUT2D eigenvalue weighted by Crippen LogP contribution is -2.19. The second kappa shape index (κ2) is 9.62. The molecule has 1 aromatic carbocycles. The van der Waals surface area contributed by atoms with Crippen LogP contribution in [0.25, 0.3) is 10.7 Å². The van der Waals surface area contributed by atoms with Gasteiger partial charge < -0.3 is 0 Å². The molecule has 0 fully saturated rings. The van der Waals surface area contributed by atoms with Crippen LogP contribution in [0.1, 0.15) is 5.56 Å². The summed E-state index contributed by atoms with van der Waals surface area (Å²) in [6.45, 7) is 0. The molecule has 0 aliphatic carbocycles. The van der Waals surface area contributed by atoms with E-state index < -0.39 is 27.1 Å². The quantitative estimate of drug-likeness (QED) is 0.237. The van der Waals surface area contributed by atoms with Crippen LogP contribution in [0.15, 0.2) is 52.0 Å². The van der Waals surface area contributed by atoms with Crippen molar-refractivity contribution in [1.82, 2.24) is 20.6 Å². The van der Waals surface area contributed by atoms with Crippen LogP contribution in [0, 0.1) is 20.2 Å². The summed E-state index contributed by atoms with van der Waals surface area (Å²) in [5.74, 6) is -0.466. The first-order valence-corrected chi connectivity index (χ1v) is 9.86. The van der Waals surface area contributed by atoms with Gasteiger partial charge in [0.2, 0.25) is 0 Å². The van der Waals surface area contributed by atoms with Crippen molar-refractivity contribution in [2.75, 3.05) is 5.75 Å². The molecule has 30 heavy (non-hydrogen) atoms. The normalized spacial score (nSPS) is 10.8. The molecule has 12 nitrogen and oxygen atoms in total. The number of nitro groups is 2. The van der Waals surface area contributed by atoms with Crippen molar-refractivity contribution in [1.29, 1.82) is 0 Å². The first-order chi connectivity index (χ1) is 14.4. The second-order valence-corrected chi connectivity index (χ2v) is 7.63. The Labute approximate surface area is 176 Å². The fourth-order valence-electron chi connectivity index (χ4n) is 2.11. The van der Waals surface area contributed by atoms with Crippen LogP contribution < -0.4 is 5.43 Å². The highest BCUT2D eigenvalue weighted by atomic mass is 32.2. The van der Waals surface area contributed by atoms with Gasteiger partial charge in [-0.25, -0.2) is 5.43 Å². The molecular weight excluding hydrogens is 434 g/mol. The number of carbonyl (C=O) groups is 1. The lowest BCUT2D eigenvalue weighted by atomic mass is 10.2. The first-order valence-electron chi connectivity index (χ1n) is 8.06. The fourth-order valence-corrected chi connectivity index (χ4v) is 3.73. The minimum Gasteiger partial charge on any atom is -0.272 e. The number of hydrogen-bond acceptors (Lipinski definition) is 11. The summed E-state index contributed by atoms with van der Waals surface area (Å²) < 4.78 is 0.570. The summed E-state index contributed by atoms with van der Waals surface area (Å²) in [6, 6.07) is 8.54. The molecule has 1 N–H and O–H groups in total. The van der Waals surface area contributed by atoms with Gasteiger partial charge in [0.05, 0.1) is 33.4 Å². The Hall–Kier alpha value is -3.78. The lowest BCUT2D eigenvalue weighted by molar-refractivity contribution is -0.394. The van der Waals surface area contributed by atoms with Gasteiger partial charge in [0.25, 0.3) is 17.3 Å². The molecule has 0 bridgehead atoms. The average molecular weight is 445 g/mol. The number of carbonyl (C=O) groups excluding carboxylic acids is 1. The third-order valence-corrected chi connectivity index (χ3v) is 5.51. The largest absolute Gasteiger partial charge is 0.285 e. The highest BCUT2D eigenvalue weighted by Crippen LogP contribution is 2.28. The van der Waals surface area contributed by atoms with E-state index >= 15 is 0 Å². The fraction of sp³-hybridized carbons (Fsp3) is 0.0625. The van der Waals surface area contributed by atoms with E-state index in [2.05, 4.69) is 25.7 Å². The summed E-state index contributed by atoms with van der Waals surface area (Å²) in [7, 11) is 0. The van der Waals surface area contributed by atoms with Crippen molar-refractivity contribution in [2.24, 2.45) is 5.10 Å². The summed E-state index contributed by atoms with van der Waals surface area (Å²) in [4.78, 5) is 36.4. The van der Waals surface area contributed by atoms with Crippen LogP contribution >= 0.6 is 23.1 Å². The molecule has 0 atom stereocenters. The lowest BCUT2D eigenvalue weighted by Gasteiger charge is -1.99. The van der Waals surface area contributed by atoms with Crippen molar-refractivity contribution < 1.29 is 14.6 Å². The molecule has 0 radical (unpaired) electrons. The maximum Gasteiger partial charge on any atom is 0.285 e. The van der Waals surface area contributed by atoms with Gasteiger partial charge >= 0.3 is 0 Å². The number of hydrogen-bond donors (Lipinski definition) is 1. The molecule has 0 saturated heterocycles. The zero-order chi connectivity index (χ0) is 21.5. The van der Waals surface area contributed by atoms with E-state index in [0.717, 1.165) is 30.1 Å². The summed E-state index contributed by atoms with van der Waals surface area (Å²) >= 11 is 2.44. The van der Waals surface area contributed by atoms with Gasteiger partial charge in [0.1, 0.15) is 5.69 Å². The Morgan fingerprint density at radius 1 is 1.20 bits per heavy atom. The Bertz CT molecular complexity index is 1120. The van der Waals surface area contributed by atoms with Crippen LogP contribution in [0.2, 0.25) is 0 Å². The van der Waals surface area contributed by atoms with E-state index in [0.29, 0.717) is 15.0 Å². The summed E-state index contributed by atoms with van der Waals surface area (Å²) in [5, 5.41) is 34.1. The van der Waals surface area contributed by atoms with Crippen molar-refractivity contribution in [3.05, 3.63) is 68.4 Å². The Morgan fingerprint density at radius 2 is 2.03 bits per heavy atom. The summed E-state index contributed by atoms with van der Waals surface area (Å²) in [6.07, 6.45) is 2.69. The van der Waals surface area contributed by atoms with Gasteiger partial charge in [-0.15, -0.1) is 10.2 Å². The Morgan fingerprint density at radius 3 is 2.73 bits per heavy atom. The number of amides is 1. The summed E-state index contributed by atoms with van der Waals surface area (Å²) in [5.41, 5.74) is 2.03. The van der Waals surface area contributed by atoms with Gasteiger partial charge in [-0.05, 0) is 18.2 Å². The van der Waals surface area contributed by atoms with E-state index in [-0.39, 0.29) is 11.3 Å². The standard InChI is InChI=1S/C16H11N7O5S2/c24-14(9-29-16-21-20-15(30-16)12-3-1-2-6-17-12)19-18-8-10-4-5-11(22(25)26)7-13(10)23(27)28/h1-8H,9H2,(H,19,24)/b18-8-. The van der Waals surface area contributed by atoms with E-state index in [1.807, 2.05) is 6.07 Å². The molecule has 2 aromatic heterocycles. The monoisotopic (exact) mass is 445 g/mol. The van der Waals surface area contributed by atoms with Crippen LogP contribution in [0.3, 0.4) is 0 Å². The number of nitro benzene ring substituents is 2. The van der Waals surface area contributed by atoms with Gasteiger partial charge in [0.15, 0.2) is 9.35 Å². The van der Waals surface area contributed by atoms with Crippen LogP contribution in [0.4, 0.5) is 11.4 Å². The average Bonchev–Trinajstić information content (AvgIpc) is 3.22. The Kier molecular flexibility index (Phi) is 6.71. The number of pyridine rings is 1. The van der Waals surface area contributed by atoms with Gasteiger partial charge in [0, 0.05) is 12.3 Å². The van der Waals surface area contributed by atoms with Gasteiger partial charge in [-0.2, -0.15) is 5.10 Å². The molecule has 0 unspecified atom stereocenters. The number of rotatable bonds is 8. The predicted octanol–water partition coefficient (Wildman–Crippen LogP) is 2.66. The maximum absolute atomic E-state index is 11.9. The van der Waals surface area contributed by atoms with Gasteiger partial charge in [-0.1, -0.05) is 29.2 Å². The molecule has 1 amide bonds. The zero-order valence-electron chi connectivity index (χ0n) is 14.9. The molecule has 3 rings (SSSR count). The van der Waals surface area contributed by atoms with Crippen molar-refractivity contribution in [3.63, 3.8) is 0 Å². The number of nitrogens with zero attached hydrogens (tertiary/aromatic N) is 6. The third-order valence-electron chi connectivity index (χ3n) is 3.43. The highest BCUT2D eigenvalue weighted by Gasteiger charge is 2.18. The molecule has 152 valence electrons. The smallest absolute Gasteiger partial charge is 0.272 e. The SMILES string of the molecule is O=C(CSc1nnc(-c2ccccn2)s1)N/N=C\c1ccc([N+](=O)[O-])cc1[N+](=O)[O-]. The molecule has 2 heterocycles. The van der Waals surface area contributed by atoms with E-state index in [1.54, 1.807) is 18.3 Å².